The van der Waals surface area contributed by atoms with Gasteiger partial charge in [0.05, 0.1) is 6.04 Å². The van der Waals surface area contributed by atoms with Crippen LogP contribution in [0.4, 0.5) is 0 Å². The lowest BCUT2D eigenvalue weighted by molar-refractivity contribution is -0.122. The fraction of sp³-hybridized carbons (Fsp3) is 0.889. The second kappa shape index (κ2) is 9.48. The fourth-order valence-corrected chi connectivity index (χ4v) is 1.00. The highest BCUT2D eigenvalue weighted by Crippen LogP contribution is 2.03. The number of hydrogen-bond donors (Lipinski definition) is 3. The lowest BCUT2D eigenvalue weighted by atomic mass is 10.0. The average molecular weight is 190 g/mol. The van der Waals surface area contributed by atoms with E-state index in [0.717, 1.165) is 13.5 Å². The predicted molar refractivity (Wildman–Crippen MR) is 54.5 cm³/mol. The molecule has 13 heavy (non-hydrogen) atoms. The highest BCUT2D eigenvalue weighted by Gasteiger charge is 2.15. The monoisotopic (exact) mass is 190 g/mol. The molecular weight excluding hydrogens is 168 g/mol. The van der Waals surface area contributed by atoms with Crippen molar-refractivity contribution in [3.8, 4) is 0 Å². The van der Waals surface area contributed by atoms with E-state index in [1.54, 1.807) is 7.05 Å². The number of amides is 1. The first-order chi connectivity index (χ1) is 6.11. The quantitative estimate of drug-likeness (QED) is 0.583. The molecular formula is C9H22N2O2. The number of hydrogen-bond acceptors (Lipinski definition) is 3. The second-order valence-electron chi connectivity index (χ2n) is 3.09. The zero-order chi connectivity index (χ0) is 10.9. The summed E-state index contributed by atoms with van der Waals surface area (Å²) in [6.45, 7) is 4.21. The Bertz CT molecular complexity index is 127. The summed E-state index contributed by atoms with van der Waals surface area (Å²) in [5.74, 6) is 0.617. The third-order valence-corrected chi connectivity index (χ3v) is 1.62. The van der Waals surface area contributed by atoms with Crippen LogP contribution in [0.15, 0.2) is 0 Å². The maximum atomic E-state index is 11.1. The Kier molecular flexibility index (Phi) is 10.9. The van der Waals surface area contributed by atoms with Crippen molar-refractivity contribution in [1.29, 1.82) is 0 Å². The molecule has 0 saturated heterocycles. The normalized spacial score (nSPS) is 11.6. The molecule has 0 aromatic heterocycles. The standard InChI is InChI=1S/C8H18N2O.CH4O/c1-6(2)5-7(9-3)8(11)10-4;1-2/h6-7,9H,5H2,1-4H3,(H,10,11);2H,1H3. The van der Waals surface area contributed by atoms with Crippen molar-refractivity contribution >= 4 is 5.91 Å². The first-order valence-electron chi connectivity index (χ1n) is 4.45. The van der Waals surface area contributed by atoms with Crippen molar-refractivity contribution in [2.75, 3.05) is 21.2 Å². The van der Waals surface area contributed by atoms with Gasteiger partial charge in [0, 0.05) is 14.2 Å². The maximum Gasteiger partial charge on any atom is 0.236 e. The molecule has 0 aliphatic heterocycles. The summed E-state index contributed by atoms with van der Waals surface area (Å²) in [6.07, 6.45) is 0.885. The van der Waals surface area contributed by atoms with Gasteiger partial charge in [0.1, 0.15) is 0 Å². The van der Waals surface area contributed by atoms with E-state index in [9.17, 15) is 4.79 Å². The number of carbonyl (C=O) groups is 1. The van der Waals surface area contributed by atoms with Crippen LogP contribution in [0.1, 0.15) is 20.3 Å². The van der Waals surface area contributed by atoms with Crippen molar-refractivity contribution in [1.82, 2.24) is 10.6 Å². The van der Waals surface area contributed by atoms with E-state index >= 15 is 0 Å². The number of rotatable bonds is 4. The lowest BCUT2D eigenvalue weighted by Crippen LogP contribution is -2.41. The molecule has 0 spiro atoms. The van der Waals surface area contributed by atoms with Gasteiger partial charge in [-0.2, -0.15) is 0 Å². The van der Waals surface area contributed by atoms with Gasteiger partial charge in [0.15, 0.2) is 0 Å². The molecule has 3 N–H and O–H groups in total. The minimum absolute atomic E-state index is 0.0417. The van der Waals surface area contributed by atoms with Crippen LogP contribution in [0.3, 0.4) is 0 Å². The molecule has 4 heteroatoms. The summed E-state index contributed by atoms with van der Waals surface area (Å²) in [5.41, 5.74) is 0. The van der Waals surface area contributed by atoms with Crippen LogP contribution in [0.2, 0.25) is 0 Å². The van der Waals surface area contributed by atoms with Crippen LogP contribution in [0, 0.1) is 5.92 Å². The number of likely N-dealkylation sites (N-methyl/N-ethyl adjacent to an activating group) is 2. The summed E-state index contributed by atoms with van der Waals surface area (Å²) in [5, 5.41) is 12.6. The molecule has 1 atom stereocenters. The molecule has 0 saturated carbocycles. The fourth-order valence-electron chi connectivity index (χ4n) is 1.00. The molecule has 0 radical (unpaired) electrons. The van der Waals surface area contributed by atoms with Gasteiger partial charge < -0.3 is 15.7 Å². The predicted octanol–water partition coefficient (Wildman–Crippen LogP) is -0.0250. The topological polar surface area (TPSA) is 61.4 Å². The van der Waals surface area contributed by atoms with Crippen LogP contribution in [0.25, 0.3) is 0 Å². The summed E-state index contributed by atoms with van der Waals surface area (Å²) >= 11 is 0. The van der Waals surface area contributed by atoms with Crippen molar-refractivity contribution in [2.45, 2.75) is 26.3 Å². The van der Waals surface area contributed by atoms with Gasteiger partial charge in [-0.15, -0.1) is 0 Å². The third kappa shape index (κ3) is 7.74. The van der Waals surface area contributed by atoms with Crippen LogP contribution in [-0.4, -0.2) is 38.3 Å². The average Bonchev–Trinajstić information content (AvgIpc) is 2.16. The van der Waals surface area contributed by atoms with Crippen molar-refractivity contribution in [2.24, 2.45) is 5.92 Å². The molecule has 0 heterocycles. The smallest absolute Gasteiger partial charge is 0.236 e. The van der Waals surface area contributed by atoms with E-state index in [2.05, 4.69) is 24.5 Å². The Hall–Kier alpha value is -0.610. The first kappa shape index (κ1) is 14.9. The number of nitrogens with one attached hydrogen (secondary N) is 2. The zero-order valence-electron chi connectivity index (χ0n) is 9.22. The van der Waals surface area contributed by atoms with Crippen molar-refractivity contribution in [3.63, 3.8) is 0 Å². The molecule has 0 aliphatic rings. The van der Waals surface area contributed by atoms with Crippen LogP contribution < -0.4 is 10.6 Å². The molecule has 80 valence electrons. The van der Waals surface area contributed by atoms with E-state index in [-0.39, 0.29) is 11.9 Å². The highest BCUT2D eigenvalue weighted by molar-refractivity contribution is 5.81. The highest BCUT2D eigenvalue weighted by atomic mass is 16.2. The summed E-state index contributed by atoms with van der Waals surface area (Å²) < 4.78 is 0. The minimum atomic E-state index is -0.0417. The summed E-state index contributed by atoms with van der Waals surface area (Å²) in [6, 6.07) is -0.0417. The van der Waals surface area contributed by atoms with Crippen molar-refractivity contribution in [3.05, 3.63) is 0 Å². The summed E-state index contributed by atoms with van der Waals surface area (Å²) in [7, 11) is 4.47. The molecule has 0 bridgehead atoms. The van der Waals surface area contributed by atoms with Gasteiger partial charge in [-0.05, 0) is 19.4 Å². The zero-order valence-corrected chi connectivity index (χ0v) is 9.22. The molecule has 0 aliphatic carbocycles. The molecule has 0 aromatic carbocycles. The van der Waals surface area contributed by atoms with Gasteiger partial charge in [0.2, 0.25) is 5.91 Å². The maximum absolute atomic E-state index is 11.1. The molecule has 4 nitrogen and oxygen atoms in total. The Labute approximate surface area is 80.7 Å². The third-order valence-electron chi connectivity index (χ3n) is 1.62. The Morgan fingerprint density at radius 1 is 1.31 bits per heavy atom. The Morgan fingerprint density at radius 2 is 1.77 bits per heavy atom. The summed E-state index contributed by atoms with van der Waals surface area (Å²) in [4.78, 5) is 11.1. The van der Waals surface area contributed by atoms with Crippen LogP contribution in [0.5, 0.6) is 0 Å². The van der Waals surface area contributed by atoms with Gasteiger partial charge in [-0.25, -0.2) is 0 Å². The van der Waals surface area contributed by atoms with Crippen LogP contribution in [-0.2, 0) is 4.79 Å². The number of carbonyl (C=O) groups excluding carboxylic acids is 1. The van der Waals surface area contributed by atoms with Gasteiger partial charge in [-0.1, -0.05) is 13.8 Å². The number of aliphatic hydroxyl groups excluding tert-OH is 1. The lowest BCUT2D eigenvalue weighted by Gasteiger charge is -2.15. The minimum Gasteiger partial charge on any atom is -0.400 e. The van der Waals surface area contributed by atoms with E-state index in [1.807, 2.05) is 7.05 Å². The molecule has 0 rings (SSSR count). The SMILES string of the molecule is CNC(=O)C(CC(C)C)NC.CO. The molecule has 1 amide bonds. The van der Waals surface area contributed by atoms with Crippen LogP contribution >= 0.6 is 0 Å². The van der Waals surface area contributed by atoms with E-state index in [0.29, 0.717) is 5.92 Å². The second-order valence-corrected chi connectivity index (χ2v) is 3.09. The van der Waals surface area contributed by atoms with E-state index in [1.165, 1.54) is 0 Å². The molecule has 0 fully saturated rings. The van der Waals surface area contributed by atoms with Gasteiger partial charge in [-0.3, -0.25) is 4.79 Å². The molecule has 0 aromatic rings. The van der Waals surface area contributed by atoms with Gasteiger partial charge in [0.25, 0.3) is 0 Å². The Morgan fingerprint density at radius 3 is 2.00 bits per heavy atom. The number of aliphatic hydroxyl groups is 1. The van der Waals surface area contributed by atoms with Crippen molar-refractivity contribution < 1.29 is 9.90 Å². The largest absolute Gasteiger partial charge is 0.400 e. The first-order valence-corrected chi connectivity index (χ1v) is 4.45. The van der Waals surface area contributed by atoms with Gasteiger partial charge >= 0.3 is 0 Å². The molecule has 1 unspecified atom stereocenters. The van der Waals surface area contributed by atoms with E-state index < -0.39 is 0 Å². The Balaban J connectivity index is 0. The van der Waals surface area contributed by atoms with E-state index in [4.69, 9.17) is 5.11 Å².